The van der Waals surface area contributed by atoms with Gasteiger partial charge in [0.1, 0.15) is 30.5 Å². The zero-order chi connectivity index (χ0) is 16.5. The second-order valence-electron chi connectivity index (χ2n) is 4.92. The quantitative estimate of drug-likeness (QED) is 0.645. The van der Waals surface area contributed by atoms with Gasteiger partial charge in [-0.25, -0.2) is 0 Å². The van der Waals surface area contributed by atoms with E-state index in [1.165, 1.54) is 0 Å². The van der Waals surface area contributed by atoms with E-state index in [9.17, 15) is 0 Å². The lowest BCUT2D eigenvalue weighted by molar-refractivity contribution is 0.0764. The molecule has 0 aliphatic heterocycles. The second kappa shape index (κ2) is 9.28. The molecule has 0 amide bonds. The van der Waals surface area contributed by atoms with Gasteiger partial charge in [-0.2, -0.15) is 0 Å². The van der Waals surface area contributed by atoms with Gasteiger partial charge in [0.15, 0.2) is 0 Å². The maximum absolute atomic E-state index is 6.06. The average Bonchev–Trinajstić information content (AvgIpc) is 2.57. The molecule has 0 aliphatic rings. The minimum absolute atomic E-state index is 0.447. The maximum Gasteiger partial charge on any atom is 0.138 e. The second-order valence-corrected chi connectivity index (χ2v) is 5.33. The summed E-state index contributed by atoms with van der Waals surface area (Å²) in [5.41, 5.74) is 1.11. The Kier molecular flexibility index (Phi) is 7.04. The number of rotatable bonds is 9. The third-order valence-electron chi connectivity index (χ3n) is 3.11. The van der Waals surface area contributed by atoms with E-state index in [2.05, 4.69) is 0 Å². The monoisotopic (exact) mass is 336 g/mol. The summed E-state index contributed by atoms with van der Waals surface area (Å²) in [6.07, 6.45) is 0. The van der Waals surface area contributed by atoms with Crippen molar-refractivity contribution >= 4 is 11.6 Å². The van der Waals surface area contributed by atoms with E-state index in [-0.39, 0.29) is 0 Å². The highest BCUT2D eigenvalue weighted by Gasteiger charge is 2.01. The molecule has 0 bridgehead atoms. The molecule has 0 saturated carbocycles. The van der Waals surface area contributed by atoms with E-state index in [0.29, 0.717) is 37.2 Å². The van der Waals surface area contributed by atoms with Crippen molar-refractivity contribution < 1.29 is 18.9 Å². The van der Waals surface area contributed by atoms with Crippen molar-refractivity contribution in [3.8, 4) is 17.2 Å². The van der Waals surface area contributed by atoms with Crippen LogP contribution in [-0.2, 0) is 4.74 Å². The predicted octanol–water partition coefficient (Wildman–Crippen LogP) is 4.13. The summed E-state index contributed by atoms with van der Waals surface area (Å²) < 4.78 is 21.8. The van der Waals surface area contributed by atoms with E-state index in [0.717, 1.165) is 17.1 Å². The van der Waals surface area contributed by atoms with Gasteiger partial charge in [0.05, 0.1) is 25.3 Å². The highest BCUT2D eigenvalue weighted by Crippen LogP contribution is 2.25. The number of hydrogen-bond acceptors (Lipinski definition) is 4. The summed E-state index contributed by atoms with van der Waals surface area (Å²) in [6, 6.07) is 13.2. The Morgan fingerprint density at radius 2 is 1.61 bits per heavy atom. The minimum atomic E-state index is 0.447. The van der Waals surface area contributed by atoms with Crippen LogP contribution in [-0.4, -0.2) is 33.5 Å². The van der Waals surface area contributed by atoms with E-state index >= 15 is 0 Å². The number of halogens is 1. The van der Waals surface area contributed by atoms with Gasteiger partial charge in [0, 0.05) is 6.07 Å². The smallest absolute Gasteiger partial charge is 0.138 e. The van der Waals surface area contributed by atoms with E-state index in [1.807, 2.05) is 49.4 Å². The first-order chi connectivity index (χ1) is 11.2. The van der Waals surface area contributed by atoms with Crippen molar-refractivity contribution in [3.63, 3.8) is 0 Å². The van der Waals surface area contributed by atoms with Crippen LogP contribution in [0.1, 0.15) is 5.56 Å². The number of benzene rings is 2. The van der Waals surface area contributed by atoms with Gasteiger partial charge in [-0.05, 0) is 36.8 Å². The Morgan fingerprint density at radius 3 is 2.39 bits per heavy atom. The maximum atomic E-state index is 6.06. The molecule has 0 atom stereocenters. The molecule has 0 fully saturated rings. The number of ether oxygens (including phenoxy) is 4. The third kappa shape index (κ3) is 6.00. The van der Waals surface area contributed by atoms with Crippen LogP contribution in [0.15, 0.2) is 42.5 Å². The molecule has 2 rings (SSSR count). The van der Waals surface area contributed by atoms with Crippen LogP contribution in [0.25, 0.3) is 0 Å². The standard InChI is InChI=1S/C18H21ClO4/c1-14-6-7-17(19)18(12-14)23-11-9-21-8-10-22-16-5-3-4-15(13-16)20-2/h3-7,12-13H,8-11H2,1-2H3. The highest BCUT2D eigenvalue weighted by atomic mass is 35.5. The number of hydrogen-bond donors (Lipinski definition) is 0. The van der Waals surface area contributed by atoms with E-state index in [4.69, 9.17) is 30.5 Å². The fourth-order valence-corrected chi connectivity index (χ4v) is 2.12. The first-order valence-electron chi connectivity index (χ1n) is 7.42. The molecule has 5 heteroatoms. The van der Waals surface area contributed by atoms with Crippen LogP contribution in [0, 0.1) is 6.92 Å². The number of methoxy groups -OCH3 is 1. The summed E-state index contributed by atoms with van der Waals surface area (Å²) in [4.78, 5) is 0. The molecule has 0 N–H and O–H groups in total. The lowest BCUT2D eigenvalue weighted by Crippen LogP contribution is -2.12. The largest absolute Gasteiger partial charge is 0.497 e. The van der Waals surface area contributed by atoms with Crippen molar-refractivity contribution in [1.29, 1.82) is 0 Å². The van der Waals surface area contributed by atoms with E-state index in [1.54, 1.807) is 7.11 Å². The zero-order valence-electron chi connectivity index (χ0n) is 13.4. The fourth-order valence-electron chi connectivity index (χ4n) is 1.94. The normalized spacial score (nSPS) is 10.4. The molecular weight excluding hydrogens is 316 g/mol. The van der Waals surface area contributed by atoms with Gasteiger partial charge in [-0.3, -0.25) is 0 Å². The predicted molar refractivity (Wildman–Crippen MR) is 91.0 cm³/mol. The molecule has 2 aromatic carbocycles. The molecule has 23 heavy (non-hydrogen) atoms. The van der Waals surface area contributed by atoms with Crippen molar-refractivity contribution in [2.24, 2.45) is 0 Å². The van der Waals surface area contributed by atoms with Crippen LogP contribution >= 0.6 is 11.6 Å². The summed E-state index contributed by atoms with van der Waals surface area (Å²) >= 11 is 6.06. The Balaban J connectivity index is 1.60. The van der Waals surface area contributed by atoms with Gasteiger partial charge < -0.3 is 18.9 Å². The van der Waals surface area contributed by atoms with Crippen LogP contribution in [0.4, 0.5) is 0 Å². The zero-order valence-corrected chi connectivity index (χ0v) is 14.1. The van der Waals surface area contributed by atoms with Crippen molar-refractivity contribution in [2.75, 3.05) is 33.5 Å². The summed E-state index contributed by atoms with van der Waals surface area (Å²) in [6.45, 7) is 3.88. The highest BCUT2D eigenvalue weighted by molar-refractivity contribution is 6.32. The molecule has 0 radical (unpaired) electrons. The molecular formula is C18H21ClO4. The van der Waals surface area contributed by atoms with Gasteiger partial charge in [0.2, 0.25) is 0 Å². The third-order valence-corrected chi connectivity index (χ3v) is 3.42. The summed E-state index contributed by atoms with van der Waals surface area (Å²) in [5, 5.41) is 0.608. The first kappa shape index (κ1) is 17.4. The van der Waals surface area contributed by atoms with Gasteiger partial charge >= 0.3 is 0 Å². The number of aryl methyl sites for hydroxylation is 1. The van der Waals surface area contributed by atoms with Gasteiger partial charge in [-0.15, -0.1) is 0 Å². The van der Waals surface area contributed by atoms with Crippen LogP contribution in [0.2, 0.25) is 5.02 Å². The average molecular weight is 337 g/mol. The molecule has 0 spiro atoms. The lowest BCUT2D eigenvalue weighted by Gasteiger charge is -2.10. The lowest BCUT2D eigenvalue weighted by atomic mass is 10.2. The molecule has 124 valence electrons. The SMILES string of the molecule is COc1cccc(OCCOCCOc2cc(C)ccc2Cl)c1. The van der Waals surface area contributed by atoms with E-state index < -0.39 is 0 Å². The Labute approximate surface area is 141 Å². The summed E-state index contributed by atoms with van der Waals surface area (Å²) in [7, 11) is 1.63. The Morgan fingerprint density at radius 1 is 0.870 bits per heavy atom. The van der Waals surface area contributed by atoms with Crippen molar-refractivity contribution in [2.45, 2.75) is 6.92 Å². The minimum Gasteiger partial charge on any atom is -0.497 e. The molecule has 0 aromatic heterocycles. The Hall–Kier alpha value is -1.91. The fraction of sp³-hybridized carbons (Fsp3) is 0.333. The molecule has 0 unspecified atom stereocenters. The Bertz CT molecular complexity index is 616. The molecule has 0 aliphatic carbocycles. The first-order valence-corrected chi connectivity index (χ1v) is 7.80. The van der Waals surface area contributed by atoms with Crippen molar-refractivity contribution in [3.05, 3.63) is 53.1 Å². The van der Waals surface area contributed by atoms with Crippen LogP contribution < -0.4 is 14.2 Å². The molecule has 0 saturated heterocycles. The molecule has 2 aromatic rings. The van der Waals surface area contributed by atoms with Crippen LogP contribution in [0.3, 0.4) is 0 Å². The van der Waals surface area contributed by atoms with Crippen molar-refractivity contribution in [1.82, 2.24) is 0 Å². The molecule has 4 nitrogen and oxygen atoms in total. The van der Waals surface area contributed by atoms with Gasteiger partial charge in [0.25, 0.3) is 0 Å². The summed E-state index contributed by atoms with van der Waals surface area (Å²) in [5.74, 6) is 2.21. The molecule has 0 heterocycles. The van der Waals surface area contributed by atoms with Crippen LogP contribution in [0.5, 0.6) is 17.2 Å². The van der Waals surface area contributed by atoms with Gasteiger partial charge in [-0.1, -0.05) is 23.7 Å². The topological polar surface area (TPSA) is 36.9 Å².